The van der Waals surface area contributed by atoms with Gasteiger partial charge in [0.1, 0.15) is 17.2 Å². The zero-order chi connectivity index (χ0) is 26.6. The molecule has 0 aliphatic heterocycles. The fourth-order valence-electron chi connectivity index (χ4n) is 3.84. The number of halogens is 1. The highest BCUT2D eigenvalue weighted by Crippen LogP contribution is 2.39. The Morgan fingerprint density at radius 3 is 2.42 bits per heavy atom. The van der Waals surface area contributed by atoms with Crippen LogP contribution in [0.15, 0.2) is 40.8 Å². The van der Waals surface area contributed by atoms with Crippen LogP contribution in [0.2, 0.25) is 0 Å². The number of nitrogens with one attached hydrogen (secondary N) is 1. The molecule has 36 heavy (non-hydrogen) atoms. The Morgan fingerprint density at radius 1 is 1.22 bits per heavy atom. The topological polar surface area (TPSA) is 164 Å². The number of carboxylic acid groups (broad SMARTS) is 1. The van der Waals surface area contributed by atoms with E-state index in [0.29, 0.717) is 5.56 Å². The third-order valence-electron chi connectivity index (χ3n) is 5.54. The quantitative estimate of drug-likeness (QED) is 0.253. The summed E-state index contributed by atoms with van der Waals surface area (Å²) in [5.41, 5.74) is 0.766. The summed E-state index contributed by atoms with van der Waals surface area (Å²) in [6.07, 6.45) is -2.87. The van der Waals surface area contributed by atoms with Crippen molar-refractivity contribution >= 4 is 39.9 Å². The van der Waals surface area contributed by atoms with Gasteiger partial charge in [-0.3, -0.25) is 13.7 Å². The van der Waals surface area contributed by atoms with Gasteiger partial charge >= 0.3 is 6.09 Å². The highest BCUT2D eigenvalue weighted by Gasteiger charge is 2.28. The Balaban J connectivity index is 2.29. The summed E-state index contributed by atoms with van der Waals surface area (Å²) in [6, 6.07) is 8.03. The van der Waals surface area contributed by atoms with Crippen molar-refractivity contribution in [3.8, 4) is 11.3 Å². The van der Waals surface area contributed by atoms with E-state index >= 15 is 0 Å². The normalized spacial score (nSPS) is 12.8. The molecule has 2 unspecified atom stereocenters. The third kappa shape index (κ3) is 5.49. The highest BCUT2D eigenvalue weighted by atomic mass is 32.2. The zero-order valence-corrected chi connectivity index (χ0v) is 20.3. The number of amides is 2. The summed E-state index contributed by atoms with van der Waals surface area (Å²) < 4.78 is 42.4. The average Bonchev–Trinajstić information content (AvgIpc) is 3.21. The van der Waals surface area contributed by atoms with Crippen molar-refractivity contribution in [2.45, 2.75) is 13.0 Å². The van der Waals surface area contributed by atoms with Gasteiger partial charge in [-0.05, 0) is 37.3 Å². The van der Waals surface area contributed by atoms with Crippen LogP contribution >= 0.6 is 0 Å². The summed E-state index contributed by atoms with van der Waals surface area (Å²) in [4.78, 5) is 25.2. The monoisotopic (exact) mass is 523 g/mol. The Labute approximate surface area is 208 Å². The number of benzene rings is 2. The van der Waals surface area contributed by atoms with Gasteiger partial charge in [-0.2, -0.15) is 0 Å². The number of carbonyl (C=O) groups is 2. The number of hydrogen-bond donors (Lipinski definition) is 5. The van der Waals surface area contributed by atoms with Crippen LogP contribution in [0, 0.1) is 5.82 Å². The number of fused-ring (bicyclic) bond motifs is 1. The molecule has 0 fully saturated rings. The molecule has 0 aliphatic carbocycles. The van der Waals surface area contributed by atoms with Crippen LogP contribution in [0.1, 0.15) is 28.9 Å². The second-order valence-electron chi connectivity index (χ2n) is 7.69. The van der Waals surface area contributed by atoms with Gasteiger partial charge < -0.3 is 30.0 Å². The Kier molecular flexibility index (Phi) is 8.63. The smallest absolute Gasteiger partial charge is 0.407 e. The molecule has 194 valence electrons. The van der Waals surface area contributed by atoms with Crippen LogP contribution in [0.3, 0.4) is 0 Å². The van der Waals surface area contributed by atoms with Crippen LogP contribution in [0.5, 0.6) is 0 Å². The van der Waals surface area contributed by atoms with Crippen LogP contribution < -0.4 is 9.62 Å². The number of aliphatic hydroxyl groups is 2. The fraction of sp³-hybridized carbons (Fsp3) is 0.304. The van der Waals surface area contributed by atoms with Crippen LogP contribution in [0.4, 0.5) is 14.9 Å². The van der Waals surface area contributed by atoms with Crippen molar-refractivity contribution in [1.29, 1.82) is 0 Å². The van der Waals surface area contributed by atoms with Gasteiger partial charge in [0.15, 0.2) is 0 Å². The minimum Gasteiger partial charge on any atom is -0.465 e. The molecule has 0 saturated heterocycles. The molecule has 5 N–H and O–H groups in total. The summed E-state index contributed by atoms with van der Waals surface area (Å²) >= 11 is -2.51. The van der Waals surface area contributed by atoms with Crippen molar-refractivity contribution in [3.63, 3.8) is 0 Å². The lowest BCUT2D eigenvalue weighted by molar-refractivity contribution is 0.0874. The van der Waals surface area contributed by atoms with Gasteiger partial charge in [0.05, 0.1) is 30.5 Å². The van der Waals surface area contributed by atoms with Crippen LogP contribution in [-0.4, -0.2) is 74.3 Å². The lowest BCUT2D eigenvalue weighted by Crippen LogP contribution is -2.36. The molecule has 0 bridgehead atoms. The SMILES string of the molecule is CCN(c1cc2oc(-c3ccc(F)cc3)c(C(=O)NC)c2cc1C(O)CN(CCO)C(=O)O)S(=O)O. The van der Waals surface area contributed by atoms with E-state index < -0.39 is 48.3 Å². The molecule has 0 saturated carbocycles. The number of aliphatic hydroxyl groups excluding tert-OH is 2. The molecule has 1 heterocycles. The molecule has 13 heteroatoms. The first kappa shape index (κ1) is 27.1. The second kappa shape index (κ2) is 11.5. The number of furan rings is 1. The van der Waals surface area contributed by atoms with Gasteiger partial charge in [-0.1, -0.05) is 0 Å². The molecule has 2 amide bonds. The van der Waals surface area contributed by atoms with Crippen molar-refractivity contribution < 1.29 is 42.5 Å². The Hall–Kier alpha value is -3.52. The molecule has 0 spiro atoms. The first-order valence-electron chi connectivity index (χ1n) is 10.9. The van der Waals surface area contributed by atoms with E-state index in [-0.39, 0.29) is 46.6 Å². The predicted molar refractivity (Wildman–Crippen MR) is 130 cm³/mol. The van der Waals surface area contributed by atoms with E-state index in [1.807, 2.05) is 0 Å². The van der Waals surface area contributed by atoms with Gasteiger partial charge in [0.2, 0.25) is 0 Å². The minimum absolute atomic E-state index is 0.0431. The lowest BCUT2D eigenvalue weighted by Gasteiger charge is -2.26. The third-order valence-corrected chi connectivity index (χ3v) is 6.37. The largest absolute Gasteiger partial charge is 0.465 e. The molecule has 0 radical (unpaired) electrons. The van der Waals surface area contributed by atoms with Gasteiger partial charge in [-0.25, -0.2) is 13.4 Å². The van der Waals surface area contributed by atoms with E-state index in [0.717, 1.165) is 9.21 Å². The first-order chi connectivity index (χ1) is 17.1. The van der Waals surface area contributed by atoms with Gasteiger partial charge in [0.25, 0.3) is 17.2 Å². The Bertz CT molecular complexity index is 1280. The highest BCUT2D eigenvalue weighted by molar-refractivity contribution is 7.80. The molecule has 3 rings (SSSR count). The van der Waals surface area contributed by atoms with E-state index in [1.165, 1.54) is 43.4 Å². The fourth-order valence-corrected chi connectivity index (χ4v) is 4.39. The molecule has 2 aromatic carbocycles. The van der Waals surface area contributed by atoms with Gasteiger partial charge in [-0.15, -0.1) is 0 Å². The zero-order valence-electron chi connectivity index (χ0n) is 19.5. The number of rotatable bonds is 10. The first-order valence-corrected chi connectivity index (χ1v) is 11.9. The van der Waals surface area contributed by atoms with Crippen molar-refractivity contribution in [2.75, 3.05) is 37.6 Å². The van der Waals surface area contributed by atoms with E-state index in [1.54, 1.807) is 6.92 Å². The average molecular weight is 524 g/mol. The maximum Gasteiger partial charge on any atom is 0.407 e. The maximum atomic E-state index is 13.5. The van der Waals surface area contributed by atoms with Gasteiger partial charge in [0, 0.05) is 42.7 Å². The second-order valence-corrected chi connectivity index (χ2v) is 8.60. The maximum absolute atomic E-state index is 13.5. The molecule has 2 atom stereocenters. The van der Waals surface area contributed by atoms with Crippen LogP contribution in [0.25, 0.3) is 22.3 Å². The summed E-state index contributed by atoms with van der Waals surface area (Å²) in [7, 11) is 1.41. The number of nitrogens with zero attached hydrogens (tertiary/aromatic N) is 2. The molecule has 3 aromatic rings. The molecule has 0 aliphatic rings. The summed E-state index contributed by atoms with van der Waals surface area (Å²) in [5.74, 6) is -0.909. The summed E-state index contributed by atoms with van der Waals surface area (Å²) in [5, 5.41) is 32.3. The molecular weight excluding hydrogens is 497 g/mol. The van der Waals surface area contributed by atoms with Crippen molar-refractivity contribution in [3.05, 3.63) is 53.3 Å². The molecular formula is C23H26FN3O8S. The minimum atomic E-state index is -2.51. The van der Waals surface area contributed by atoms with Crippen LogP contribution in [-0.2, 0) is 11.3 Å². The Morgan fingerprint density at radius 2 is 1.89 bits per heavy atom. The van der Waals surface area contributed by atoms with Crippen molar-refractivity contribution in [1.82, 2.24) is 10.2 Å². The summed E-state index contributed by atoms with van der Waals surface area (Å²) in [6.45, 7) is 0.447. The lowest BCUT2D eigenvalue weighted by atomic mass is 9.99. The molecule has 11 nitrogen and oxygen atoms in total. The van der Waals surface area contributed by atoms with Crippen molar-refractivity contribution in [2.24, 2.45) is 0 Å². The number of anilines is 1. The van der Waals surface area contributed by atoms with E-state index in [9.17, 15) is 33.0 Å². The molecule has 1 aromatic heterocycles. The predicted octanol–water partition coefficient (Wildman–Crippen LogP) is 2.57. The van der Waals surface area contributed by atoms with E-state index in [4.69, 9.17) is 9.52 Å². The number of carbonyl (C=O) groups excluding carboxylic acids is 1. The standard InChI is InChI=1S/C23H26FN3O8S/c1-3-27(36(33)34)17-11-19-16(10-15(17)18(29)12-26(8-9-28)23(31)32)20(22(30)25-2)21(35-19)13-4-6-14(24)7-5-13/h4-7,10-11,18,28-29H,3,8-9,12H2,1-2H3,(H,25,30)(H,31,32)(H,33,34). The van der Waals surface area contributed by atoms with E-state index in [2.05, 4.69) is 5.32 Å². The number of hydrogen-bond acceptors (Lipinski definition) is 6.